The molecule has 2 N–H and O–H groups in total. The molecule has 0 fully saturated rings. The lowest BCUT2D eigenvalue weighted by molar-refractivity contribution is 0.250. The number of benzene rings is 3. The second kappa shape index (κ2) is 7.70. The summed E-state index contributed by atoms with van der Waals surface area (Å²) < 4.78 is 0. The zero-order valence-corrected chi connectivity index (χ0v) is 14.7. The molecule has 3 aromatic carbocycles. The topological polar surface area (TPSA) is 54.0 Å². The quantitative estimate of drug-likeness (QED) is 0.533. The van der Waals surface area contributed by atoms with Crippen LogP contribution in [0.4, 0.5) is 10.5 Å². The Balaban J connectivity index is 1.56. The van der Waals surface area contributed by atoms with E-state index >= 15 is 0 Å². The number of nitrogens with zero attached hydrogens (tertiary/aromatic N) is 1. The number of pyridine rings is 1. The molecule has 27 heavy (non-hydrogen) atoms. The first-order valence-corrected chi connectivity index (χ1v) is 8.82. The van der Waals surface area contributed by atoms with Crippen LogP contribution in [0.25, 0.3) is 10.8 Å². The number of hydrogen-bond donors (Lipinski definition) is 2. The van der Waals surface area contributed by atoms with E-state index in [9.17, 15) is 4.79 Å². The van der Waals surface area contributed by atoms with E-state index in [1.165, 1.54) is 0 Å². The van der Waals surface area contributed by atoms with Crippen molar-refractivity contribution in [1.29, 1.82) is 0 Å². The van der Waals surface area contributed by atoms with Crippen LogP contribution in [-0.2, 0) is 0 Å². The lowest BCUT2D eigenvalue weighted by atomic mass is 10.0. The standard InChI is InChI=1S/C23H19N3O/c27-23(25-20-14-13-17-8-4-5-11-19(17)16-20)26-22(18-9-2-1-3-10-18)21-12-6-7-15-24-21/h1-16,22H,(H2,25,26,27). The van der Waals surface area contributed by atoms with Gasteiger partial charge in [0, 0.05) is 11.9 Å². The minimum Gasteiger partial charge on any atom is -0.325 e. The largest absolute Gasteiger partial charge is 0.325 e. The predicted octanol–water partition coefficient (Wildman–Crippen LogP) is 5.15. The second-order valence-corrected chi connectivity index (χ2v) is 6.26. The summed E-state index contributed by atoms with van der Waals surface area (Å²) in [6.07, 6.45) is 1.73. The van der Waals surface area contributed by atoms with Crippen molar-refractivity contribution in [2.24, 2.45) is 0 Å². The Hall–Kier alpha value is -3.66. The number of carbonyl (C=O) groups is 1. The summed E-state index contributed by atoms with van der Waals surface area (Å²) in [5, 5.41) is 8.18. The van der Waals surface area contributed by atoms with Crippen molar-refractivity contribution in [1.82, 2.24) is 10.3 Å². The number of hydrogen-bond acceptors (Lipinski definition) is 2. The predicted molar refractivity (Wildman–Crippen MR) is 109 cm³/mol. The number of anilines is 1. The van der Waals surface area contributed by atoms with Gasteiger partial charge >= 0.3 is 6.03 Å². The molecule has 0 aliphatic heterocycles. The summed E-state index contributed by atoms with van der Waals surface area (Å²) >= 11 is 0. The van der Waals surface area contributed by atoms with Gasteiger partial charge in [-0.05, 0) is 40.6 Å². The summed E-state index contributed by atoms with van der Waals surface area (Å²) in [7, 11) is 0. The maximum absolute atomic E-state index is 12.7. The average molecular weight is 353 g/mol. The van der Waals surface area contributed by atoms with E-state index in [4.69, 9.17) is 0 Å². The molecule has 2 amide bonds. The first kappa shape index (κ1) is 16.8. The van der Waals surface area contributed by atoms with Crippen LogP contribution in [0.2, 0.25) is 0 Å². The molecule has 0 saturated carbocycles. The first-order chi connectivity index (χ1) is 13.3. The normalized spacial score (nSPS) is 11.7. The fraction of sp³-hybridized carbons (Fsp3) is 0.0435. The zero-order chi connectivity index (χ0) is 18.5. The van der Waals surface area contributed by atoms with Crippen molar-refractivity contribution in [3.05, 3.63) is 108 Å². The van der Waals surface area contributed by atoms with E-state index < -0.39 is 0 Å². The maximum atomic E-state index is 12.7. The van der Waals surface area contributed by atoms with Gasteiger partial charge in [-0.15, -0.1) is 0 Å². The van der Waals surface area contributed by atoms with Crippen LogP contribution in [0.1, 0.15) is 17.3 Å². The van der Waals surface area contributed by atoms with Gasteiger partial charge in [0.05, 0.1) is 11.7 Å². The van der Waals surface area contributed by atoms with Crippen molar-refractivity contribution in [2.75, 3.05) is 5.32 Å². The number of rotatable bonds is 4. The Kier molecular flexibility index (Phi) is 4.79. The van der Waals surface area contributed by atoms with Gasteiger partial charge in [0.1, 0.15) is 0 Å². The highest BCUT2D eigenvalue weighted by Gasteiger charge is 2.17. The summed E-state index contributed by atoms with van der Waals surface area (Å²) in [4.78, 5) is 17.1. The Bertz CT molecular complexity index is 1010. The summed E-state index contributed by atoms with van der Waals surface area (Å²) in [5.41, 5.74) is 2.52. The lowest BCUT2D eigenvalue weighted by Crippen LogP contribution is -2.33. The van der Waals surface area contributed by atoms with Crippen molar-refractivity contribution in [3.8, 4) is 0 Å². The molecule has 0 spiro atoms. The van der Waals surface area contributed by atoms with E-state index in [-0.39, 0.29) is 12.1 Å². The fourth-order valence-corrected chi connectivity index (χ4v) is 3.09. The average Bonchev–Trinajstić information content (AvgIpc) is 2.73. The molecule has 4 nitrogen and oxygen atoms in total. The van der Waals surface area contributed by atoms with Crippen molar-refractivity contribution in [2.45, 2.75) is 6.04 Å². The Labute approximate surface area is 157 Å². The van der Waals surface area contributed by atoms with Gasteiger partial charge in [0.25, 0.3) is 0 Å². The third-order valence-corrected chi connectivity index (χ3v) is 4.40. The molecule has 1 heterocycles. The van der Waals surface area contributed by atoms with Gasteiger partial charge in [-0.2, -0.15) is 0 Å². The van der Waals surface area contributed by atoms with Crippen LogP contribution in [0.15, 0.2) is 97.2 Å². The zero-order valence-electron chi connectivity index (χ0n) is 14.7. The van der Waals surface area contributed by atoms with Crippen LogP contribution in [-0.4, -0.2) is 11.0 Å². The summed E-state index contributed by atoms with van der Waals surface area (Å²) in [6, 6.07) is 28.8. The molecular formula is C23H19N3O. The third kappa shape index (κ3) is 3.96. The number of fused-ring (bicyclic) bond motifs is 1. The minimum atomic E-state index is -0.326. The Morgan fingerprint density at radius 2 is 1.52 bits per heavy atom. The minimum absolute atomic E-state index is 0.273. The number of urea groups is 1. The van der Waals surface area contributed by atoms with Crippen molar-refractivity contribution in [3.63, 3.8) is 0 Å². The number of carbonyl (C=O) groups excluding carboxylic acids is 1. The molecule has 0 bridgehead atoms. The first-order valence-electron chi connectivity index (χ1n) is 8.82. The molecule has 1 unspecified atom stereocenters. The molecule has 132 valence electrons. The third-order valence-electron chi connectivity index (χ3n) is 4.40. The second-order valence-electron chi connectivity index (χ2n) is 6.26. The van der Waals surface area contributed by atoms with Crippen LogP contribution in [0, 0.1) is 0 Å². The van der Waals surface area contributed by atoms with Gasteiger partial charge in [0.15, 0.2) is 0 Å². The molecule has 1 atom stereocenters. The number of aromatic nitrogens is 1. The van der Waals surface area contributed by atoms with E-state index in [2.05, 4.69) is 15.6 Å². The highest BCUT2D eigenvalue weighted by atomic mass is 16.2. The van der Waals surface area contributed by atoms with E-state index in [1.54, 1.807) is 6.20 Å². The Morgan fingerprint density at radius 1 is 0.778 bits per heavy atom. The van der Waals surface area contributed by atoms with Gasteiger partial charge in [-0.1, -0.05) is 66.7 Å². The highest BCUT2D eigenvalue weighted by Crippen LogP contribution is 2.21. The van der Waals surface area contributed by atoms with Gasteiger partial charge in [-0.25, -0.2) is 4.79 Å². The molecule has 0 aliphatic carbocycles. The molecular weight excluding hydrogens is 334 g/mol. The Morgan fingerprint density at radius 3 is 2.30 bits per heavy atom. The molecule has 1 aromatic heterocycles. The highest BCUT2D eigenvalue weighted by molar-refractivity contribution is 5.93. The fourth-order valence-electron chi connectivity index (χ4n) is 3.09. The number of amides is 2. The molecule has 4 rings (SSSR count). The van der Waals surface area contributed by atoms with E-state index in [0.29, 0.717) is 0 Å². The van der Waals surface area contributed by atoms with Crippen molar-refractivity contribution >= 4 is 22.5 Å². The lowest BCUT2D eigenvalue weighted by Gasteiger charge is -2.19. The van der Waals surface area contributed by atoms with Crippen LogP contribution >= 0.6 is 0 Å². The van der Waals surface area contributed by atoms with Crippen LogP contribution in [0.3, 0.4) is 0 Å². The molecule has 0 saturated heterocycles. The molecule has 4 heteroatoms. The van der Waals surface area contributed by atoms with Crippen molar-refractivity contribution < 1.29 is 4.79 Å². The molecule has 4 aromatic rings. The van der Waals surface area contributed by atoms with Crippen LogP contribution < -0.4 is 10.6 Å². The van der Waals surface area contributed by atoms with Gasteiger partial charge in [0.2, 0.25) is 0 Å². The monoisotopic (exact) mass is 353 g/mol. The SMILES string of the molecule is O=C(Nc1ccc2ccccc2c1)NC(c1ccccc1)c1ccccn1. The van der Waals surface area contributed by atoms with Crippen LogP contribution in [0.5, 0.6) is 0 Å². The summed E-state index contributed by atoms with van der Waals surface area (Å²) in [5.74, 6) is 0. The smallest absolute Gasteiger partial charge is 0.320 e. The molecule has 0 aliphatic rings. The summed E-state index contributed by atoms with van der Waals surface area (Å²) in [6.45, 7) is 0. The van der Waals surface area contributed by atoms with E-state index in [0.717, 1.165) is 27.7 Å². The van der Waals surface area contributed by atoms with Gasteiger partial charge in [-0.3, -0.25) is 4.98 Å². The number of nitrogens with one attached hydrogen (secondary N) is 2. The van der Waals surface area contributed by atoms with Gasteiger partial charge < -0.3 is 10.6 Å². The maximum Gasteiger partial charge on any atom is 0.320 e. The molecule has 0 radical (unpaired) electrons. The van der Waals surface area contributed by atoms with E-state index in [1.807, 2.05) is 91.0 Å².